The van der Waals surface area contributed by atoms with Crippen LogP contribution in [0.1, 0.15) is 10.9 Å². The van der Waals surface area contributed by atoms with E-state index in [1.165, 1.54) is 5.56 Å². The third kappa shape index (κ3) is 3.29. The smallest absolute Gasteiger partial charge is 0.112 e. The summed E-state index contributed by atoms with van der Waals surface area (Å²) in [5.41, 5.74) is 2.30. The molecule has 2 aromatic rings. The van der Waals surface area contributed by atoms with Crippen LogP contribution in [0, 0.1) is 0 Å². The van der Waals surface area contributed by atoms with Crippen molar-refractivity contribution in [2.45, 2.75) is 11.9 Å². The summed E-state index contributed by atoms with van der Waals surface area (Å²) in [5, 5.41) is 17.2. The first-order valence-electron chi connectivity index (χ1n) is 7.95. The van der Waals surface area contributed by atoms with E-state index in [2.05, 4.69) is 48.2 Å². The molecule has 8 heteroatoms. The molecule has 0 aromatic carbocycles. The van der Waals surface area contributed by atoms with Gasteiger partial charge in [0.2, 0.25) is 0 Å². The summed E-state index contributed by atoms with van der Waals surface area (Å²) in [6, 6.07) is 0. The monoisotopic (exact) mass is 331 g/mol. The van der Waals surface area contributed by atoms with Gasteiger partial charge in [-0.05, 0) is 5.41 Å². The molecule has 2 aromatic heterocycles. The second kappa shape index (κ2) is 6.77. The molecule has 1 unspecified atom stereocenters. The molecule has 1 atom stereocenters. The molecular weight excluding hydrogens is 310 g/mol. The standard InChI is InChI=1S/C15H21N7S/c1-3-20(4-2-16-1)5-6-21-12-14(11-19-21)22-7-8-23-15(22)13-9-17-18-10-13/h7-12,15-16H,1-6H2,(H,17,18). The lowest BCUT2D eigenvalue weighted by molar-refractivity contribution is 0.229. The zero-order valence-electron chi connectivity index (χ0n) is 12.9. The van der Waals surface area contributed by atoms with Crippen molar-refractivity contribution in [2.75, 3.05) is 37.6 Å². The third-order valence-electron chi connectivity index (χ3n) is 4.26. The van der Waals surface area contributed by atoms with Gasteiger partial charge < -0.3 is 10.2 Å². The quantitative estimate of drug-likeness (QED) is 0.859. The lowest BCUT2D eigenvalue weighted by atomic mass is 10.3. The second-order valence-electron chi connectivity index (χ2n) is 5.77. The molecule has 122 valence electrons. The molecule has 2 N–H and O–H groups in total. The van der Waals surface area contributed by atoms with Crippen LogP contribution >= 0.6 is 11.8 Å². The Labute approximate surface area is 139 Å². The van der Waals surface area contributed by atoms with Crippen molar-refractivity contribution in [2.24, 2.45) is 0 Å². The molecule has 2 aliphatic rings. The summed E-state index contributed by atoms with van der Waals surface area (Å²) in [7, 11) is 0. The fourth-order valence-electron chi connectivity index (χ4n) is 2.96. The Kier molecular flexibility index (Phi) is 4.36. The van der Waals surface area contributed by atoms with Gasteiger partial charge >= 0.3 is 0 Å². The number of anilines is 1. The molecule has 1 saturated heterocycles. The Bertz CT molecular complexity index is 645. The van der Waals surface area contributed by atoms with Crippen molar-refractivity contribution in [1.82, 2.24) is 30.2 Å². The highest BCUT2D eigenvalue weighted by atomic mass is 32.2. The van der Waals surface area contributed by atoms with Gasteiger partial charge in [0.1, 0.15) is 5.37 Å². The maximum atomic E-state index is 4.53. The first kappa shape index (κ1) is 14.8. The first-order valence-corrected chi connectivity index (χ1v) is 8.89. The van der Waals surface area contributed by atoms with E-state index < -0.39 is 0 Å². The molecule has 0 amide bonds. The van der Waals surface area contributed by atoms with E-state index in [1.807, 2.05) is 23.3 Å². The lowest BCUT2D eigenvalue weighted by Gasteiger charge is -2.27. The van der Waals surface area contributed by atoms with Gasteiger partial charge in [-0.15, -0.1) is 11.8 Å². The van der Waals surface area contributed by atoms with Gasteiger partial charge in [-0.2, -0.15) is 10.2 Å². The summed E-state index contributed by atoms with van der Waals surface area (Å²) in [6.07, 6.45) is 10.0. The number of hydrogen-bond donors (Lipinski definition) is 2. The minimum absolute atomic E-state index is 0.236. The van der Waals surface area contributed by atoms with Crippen LogP contribution in [0.15, 0.2) is 36.4 Å². The molecular formula is C15H21N7S. The molecule has 0 bridgehead atoms. The molecule has 0 saturated carbocycles. The molecule has 0 spiro atoms. The summed E-state index contributed by atoms with van der Waals surface area (Å²) in [6.45, 7) is 6.42. The predicted octanol–water partition coefficient (Wildman–Crippen LogP) is 1.23. The Morgan fingerprint density at radius 1 is 1.22 bits per heavy atom. The highest BCUT2D eigenvalue weighted by Gasteiger charge is 2.25. The number of nitrogens with one attached hydrogen (secondary N) is 2. The van der Waals surface area contributed by atoms with Crippen LogP contribution in [0.2, 0.25) is 0 Å². The molecule has 23 heavy (non-hydrogen) atoms. The normalized spacial score (nSPS) is 22.1. The van der Waals surface area contributed by atoms with E-state index in [9.17, 15) is 0 Å². The number of hydrogen-bond acceptors (Lipinski definition) is 6. The minimum Gasteiger partial charge on any atom is -0.328 e. The Morgan fingerprint density at radius 3 is 2.96 bits per heavy atom. The van der Waals surface area contributed by atoms with E-state index >= 15 is 0 Å². The maximum absolute atomic E-state index is 4.53. The van der Waals surface area contributed by atoms with Crippen molar-refractivity contribution >= 4 is 17.4 Å². The largest absolute Gasteiger partial charge is 0.328 e. The van der Waals surface area contributed by atoms with E-state index in [0.717, 1.165) is 45.0 Å². The fraction of sp³-hybridized carbons (Fsp3) is 0.467. The van der Waals surface area contributed by atoms with Gasteiger partial charge in [0, 0.05) is 56.9 Å². The van der Waals surface area contributed by atoms with Gasteiger partial charge in [-0.3, -0.25) is 14.7 Å². The van der Waals surface area contributed by atoms with Crippen molar-refractivity contribution in [3.63, 3.8) is 0 Å². The second-order valence-corrected chi connectivity index (χ2v) is 6.76. The van der Waals surface area contributed by atoms with Crippen LogP contribution in [0.4, 0.5) is 5.69 Å². The zero-order valence-corrected chi connectivity index (χ0v) is 13.7. The Balaban J connectivity index is 1.40. The summed E-state index contributed by atoms with van der Waals surface area (Å²) in [5.74, 6) is 0. The molecule has 2 aliphatic heterocycles. The molecule has 0 radical (unpaired) electrons. The van der Waals surface area contributed by atoms with Gasteiger partial charge in [0.15, 0.2) is 0 Å². The van der Waals surface area contributed by atoms with Crippen molar-refractivity contribution < 1.29 is 0 Å². The van der Waals surface area contributed by atoms with Gasteiger partial charge in [0.25, 0.3) is 0 Å². The summed E-state index contributed by atoms with van der Waals surface area (Å²) >= 11 is 1.78. The molecule has 4 rings (SSSR count). The van der Waals surface area contributed by atoms with Crippen LogP contribution in [-0.2, 0) is 6.54 Å². The maximum Gasteiger partial charge on any atom is 0.112 e. The highest BCUT2D eigenvalue weighted by Crippen LogP contribution is 2.41. The number of thioether (sulfide) groups is 1. The topological polar surface area (TPSA) is 65.0 Å². The molecule has 4 heterocycles. The Hall–Kier alpha value is -1.77. The number of aromatic amines is 1. The van der Waals surface area contributed by atoms with E-state index in [4.69, 9.17) is 0 Å². The number of piperazine rings is 1. The fourth-order valence-corrected chi connectivity index (χ4v) is 3.92. The van der Waals surface area contributed by atoms with E-state index in [1.54, 1.807) is 11.8 Å². The van der Waals surface area contributed by atoms with Gasteiger partial charge in [-0.1, -0.05) is 0 Å². The molecule has 7 nitrogen and oxygen atoms in total. The van der Waals surface area contributed by atoms with E-state index in [0.29, 0.717) is 0 Å². The number of nitrogens with zero attached hydrogens (tertiary/aromatic N) is 5. The van der Waals surface area contributed by atoms with Gasteiger partial charge in [-0.25, -0.2) is 0 Å². The SMILES string of the molecule is C1=CN(c2cnn(CCN3CCNCC3)c2)C(c2cn[nH]c2)S1. The number of aromatic nitrogens is 4. The average Bonchev–Trinajstić information content (AvgIpc) is 3.32. The van der Waals surface area contributed by atoms with Gasteiger partial charge in [0.05, 0.1) is 24.6 Å². The summed E-state index contributed by atoms with van der Waals surface area (Å²) in [4.78, 5) is 4.72. The van der Waals surface area contributed by atoms with Crippen LogP contribution in [0.3, 0.4) is 0 Å². The zero-order chi connectivity index (χ0) is 15.5. The van der Waals surface area contributed by atoms with Crippen LogP contribution in [0.5, 0.6) is 0 Å². The average molecular weight is 331 g/mol. The minimum atomic E-state index is 0.236. The predicted molar refractivity (Wildman–Crippen MR) is 92.1 cm³/mol. The number of H-pyrrole nitrogens is 1. The third-order valence-corrected chi connectivity index (χ3v) is 5.29. The summed E-state index contributed by atoms with van der Waals surface area (Å²) < 4.78 is 2.04. The van der Waals surface area contributed by atoms with Crippen LogP contribution in [-0.4, -0.2) is 57.6 Å². The van der Waals surface area contributed by atoms with Crippen molar-refractivity contribution in [3.05, 3.63) is 42.0 Å². The highest BCUT2D eigenvalue weighted by molar-refractivity contribution is 8.02. The first-order chi connectivity index (χ1) is 11.4. The van der Waals surface area contributed by atoms with Crippen LogP contribution < -0.4 is 10.2 Å². The van der Waals surface area contributed by atoms with Crippen molar-refractivity contribution in [1.29, 1.82) is 0 Å². The molecule has 1 fully saturated rings. The van der Waals surface area contributed by atoms with E-state index in [-0.39, 0.29) is 5.37 Å². The van der Waals surface area contributed by atoms with Crippen LogP contribution in [0.25, 0.3) is 0 Å². The molecule has 0 aliphatic carbocycles. The van der Waals surface area contributed by atoms with Crippen molar-refractivity contribution in [3.8, 4) is 0 Å². The number of rotatable bonds is 5. The lowest BCUT2D eigenvalue weighted by Crippen LogP contribution is -2.44. The Morgan fingerprint density at radius 2 is 2.13 bits per heavy atom.